The minimum absolute atomic E-state index is 0.00539. The third kappa shape index (κ3) is 3.90. The van der Waals surface area contributed by atoms with Gasteiger partial charge in [0.15, 0.2) is 0 Å². The fraction of sp³-hybridized carbons (Fsp3) is 0.643. The van der Waals surface area contributed by atoms with Crippen LogP contribution in [0.25, 0.3) is 0 Å². The first kappa shape index (κ1) is 16.4. The smallest absolute Gasteiger partial charge is 0.348 e. The van der Waals surface area contributed by atoms with Crippen molar-refractivity contribution in [1.29, 1.82) is 0 Å². The van der Waals surface area contributed by atoms with E-state index < -0.39 is 5.97 Å². The van der Waals surface area contributed by atoms with Crippen LogP contribution in [0.2, 0.25) is 0 Å². The van der Waals surface area contributed by atoms with Crippen molar-refractivity contribution in [2.75, 3.05) is 20.6 Å². The second kappa shape index (κ2) is 6.65. The predicted molar refractivity (Wildman–Crippen MR) is 77.2 cm³/mol. The molecule has 1 unspecified atom stereocenters. The van der Waals surface area contributed by atoms with E-state index in [-0.39, 0.29) is 18.2 Å². The molecule has 0 saturated heterocycles. The fourth-order valence-corrected chi connectivity index (χ4v) is 2.54. The number of nitrogens with zero attached hydrogens (tertiary/aromatic N) is 3. The van der Waals surface area contributed by atoms with Crippen LogP contribution in [0.15, 0.2) is 4.79 Å². The zero-order chi connectivity index (χ0) is 15.4. The van der Waals surface area contributed by atoms with Gasteiger partial charge < -0.3 is 10.0 Å². The van der Waals surface area contributed by atoms with Gasteiger partial charge in [-0.2, -0.15) is 4.98 Å². The summed E-state index contributed by atoms with van der Waals surface area (Å²) in [5.74, 6) is -0.845. The Morgan fingerprint density at radius 3 is 2.50 bits per heavy atom. The largest absolute Gasteiger partial charge is 0.481 e. The molecular weight excluding hydrogens is 258 g/mol. The Kier molecular flexibility index (Phi) is 5.44. The maximum Gasteiger partial charge on any atom is 0.348 e. The van der Waals surface area contributed by atoms with Crippen molar-refractivity contribution in [3.8, 4) is 0 Å². The highest BCUT2D eigenvalue weighted by Crippen LogP contribution is 2.15. The van der Waals surface area contributed by atoms with Gasteiger partial charge in [-0.15, -0.1) is 0 Å². The molecule has 6 heteroatoms. The molecule has 112 valence electrons. The molecule has 0 spiro atoms. The second-order valence-electron chi connectivity index (χ2n) is 5.42. The third-order valence-corrected chi connectivity index (χ3v) is 3.36. The Morgan fingerprint density at radius 2 is 2.00 bits per heavy atom. The monoisotopic (exact) mass is 281 g/mol. The molecule has 1 aromatic heterocycles. The van der Waals surface area contributed by atoms with Crippen molar-refractivity contribution in [3.63, 3.8) is 0 Å². The predicted octanol–water partition coefficient (Wildman–Crippen LogP) is 1.000. The van der Waals surface area contributed by atoms with Gasteiger partial charge in [0, 0.05) is 30.4 Å². The molecule has 0 aromatic carbocycles. The highest BCUT2D eigenvalue weighted by atomic mass is 16.4. The van der Waals surface area contributed by atoms with Gasteiger partial charge in [0.1, 0.15) is 0 Å². The quantitative estimate of drug-likeness (QED) is 0.842. The van der Waals surface area contributed by atoms with Crippen LogP contribution in [0.4, 0.5) is 0 Å². The van der Waals surface area contributed by atoms with Gasteiger partial charge in [-0.25, -0.2) is 4.79 Å². The number of carboxylic acid groups (broad SMARTS) is 1. The van der Waals surface area contributed by atoms with Gasteiger partial charge >= 0.3 is 11.7 Å². The molecule has 1 aromatic rings. The van der Waals surface area contributed by atoms with Crippen LogP contribution in [0.5, 0.6) is 0 Å². The summed E-state index contributed by atoms with van der Waals surface area (Å²) in [6, 6.07) is -0.00539. The average Bonchev–Trinajstić information content (AvgIpc) is 2.26. The summed E-state index contributed by atoms with van der Waals surface area (Å²) in [6.07, 6.45) is 0.443. The molecule has 0 aliphatic carbocycles. The van der Waals surface area contributed by atoms with E-state index in [0.29, 0.717) is 12.1 Å². The number of carbonyl (C=O) groups is 1. The lowest BCUT2D eigenvalue weighted by molar-refractivity contribution is -0.136. The molecule has 1 atom stereocenters. The summed E-state index contributed by atoms with van der Waals surface area (Å²) in [4.78, 5) is 28.9. The van der Waals surface area contributed by atoms with Crippen LogP contribution in [0, 0.1) is 13.8 Å². The maximum absolute atomic E-state index is 12.1. The lowest BCUT2D eigenvalue weighted by Crippen LogP contribution is -2.34. The van der Waals surface area contributed by atoms with E-state index in [1.54, 1.807) is 11.5 Å². The number of aryl methyl sites for hydroxylation is 1. The Labute approximate surface area is 119 Å². The Hall–Kier alpha value is -1.69. The van der Waals surface area contributed by atoms with Crippen LogP contribution >= 0.6 is 0 Å². The molecule has 1 rings (SSSR count). The zero-order valence-electron chi connectivity index (χ0n) is 12.8. The van der Waals surface area contributed by atoms with E-state index in [1.807, 2.05) is 32.8 Å². The molecule has 0 fully saturated rings. The van der Waals surface area contributed by atoms with Crippen LogP contribution in [-0.4, -0.2) is 46.2 Å². The van der Waals surface area contributed by atoms with Crippen LogP contribution < -0.4 is 5.69 Å². The number of hydrogen-bond donors (Lipinski definition) is 1. The van der Waals surface area contributed by atoms with E-state index in [0.717, 1.165) is 17.8 Å². The highest BCUT2D eigenvalue weighted by Gasteiger charge is 2.16. The second-order valence-corrected chi connectivity index (χ2v) is 5.42. The molecule has 0 amide bonds. The van der Waals surface area contributed by atoms with Crippen molar-refractivity contribution >= 4 is 5.97 Å². The Bertz CT molecular complexity index is 549. The number of likely N-dealkylation sites (N-methyl/N-ethyl adjacent to an activating group) is 1. The van der Waals surface area contributed by atoms with Crippen LogP contribution in [-0.2, 0) is 11.2 Å². The standard InChI is InChI=1S/C14H23N3O3/c1-9(8-16(4)5)17-11(3)12(6-7-13(18)19)10(2)15-14(17)20/h9H,6-8H2,1-5H3,(H,18,19). The van der Waals surface area contributed by atoms with Crippen molar-refractivity contribution < 1.29 is 9.90 Å². The SMILES string of the molecule is Cc1nc(=O)n(C(C)CN(C)C)c(C)c1CCC(=O)O. The molecule has 1 heterocycles. The Morgan fingerprint density at radius 1 is 1.40 bits per heavy atom. The first-order chi connectivity index (χ1) is 9.23. The van der Waals surface area contributed by atoms with Crippen molar-refractivity contribution in [1.82, 2.24) is 14.5 Å². The number of carboxylic acids is 1. The van der Waals surface area contributed by atoms with Gasteiger partial charge in [-0.3, -0.25) is 9.36 Å². The van der Waals surface area contributed by atoms with E-state index in [2.05, 4.69) is 4.98 Å². The van der Waals surface area contributed by atoms with E-state index in [4.69, 9.17) is 5.11 Å². The summed E-state index contributed by atoms with van der Waals surface area (Å²) in [7, 11) is 3.90. The van der Waals surface area contributed by atoms with Crippen LogP contribution in [0.3, 0.4) is 0 Å². The van der Waals surface area contributed by atoms with Crippen molar-refractivity contribution in [2.45, 2.75) is 39.7 Å². The normalized spacial score (nSPS) is 12.7. The van der Waals surface area contributed by atoms with E-state index in [9.17, 15) is 9.59 Å². The Balaban J connectivity index is 3.21. The van der Waals surface area contributed by atoms with Gasteiger partial charge in [0.2, 0.25) is 0 Å². The van der Waals surface area contributed by atoms with Gasteiger partial charge in [0.25, 0.3) is 0 Å². The molecule has 1 N–H and O–H groups in total. The molecule has 0 aliphatic rings. The molecule has 0 saturated carbocycles. The van der Waals surface area contributed by atoms with E-state index >= 15 is 0 Å². The third-order valence-electron chi connectivity index (χ3n) is 3.36. The first-order valence-electron chi connectivity index (χ1n) is 6.69. The number of rotatable bonds is 6. The summed E-state index contributed by atoms with van der Waals surface area (Å²) >= 11 is 0. The van der Waals surface area contributed by atoms with E-state index in [1.165, 1.54) is 0 Å². The van der Waals surface area contributed by atoms with Crippen molar-refractivity contribution in [3.05, 3.63) is 27.4 Å². The van der Waals surface area contributed by atoms with Gasteiger partial charge in [-0.1, -0.05) is 0 Å². The molecule has 0 radical (unpaired) electrons. The lowest BCUT2D eigenvalue weighted by Gasteiger charge is -2.23. The number of hydrogen-bond acceptors (Lipinski definition) is 4. The summed E-state index contributed by atoms with van der Waals surface area (Å²) < 4.78 is 1.66. The number of aliphatic carboxylic acids is 1. The van der Waals surface area contributed by atoms with Crippen molar-refractivity contribution in [2.24, 2.45) is 0 Å². The zero-order valence-corrected chi connectivity index (χ0v) is 12.8. The summed E-state index contributed by atoms with van der Waals surface area (Å²) in [6.45, 7) is 6.31. The minimum atomic E-state index is -0.845. The lowest BCUT2D eigenvalue weighted by atomic mass is 10.1. The highest BCUT2D eigenvalue weighted by molar-refractivity contribution is 5.67. The molecule has 0 aliphatic heterocycles. The minimum Gasteiger partial charge on any atom is -0.481 e. The van der Waals surface area contributed by atoms with Crippen LogP contribution in [0.1, 0.15) is 36.3 Å². The van der Waals surface area contributed by atoms with Gasteiger partial charge in [0.05, 0.1) is 0 Å². The average molecular weight is 281 g/mol. The van der Waals surface area contributed by atoms with Gasteiger partial charge in [-0.05, 0) is 46.9 Å². The molecular formula is C14H23N3O3. The summed E-state index contributed by atoms with van der Waals surface area (Å²) in [5, 5.41) is 8.81. The summed E-state index contributed by atoms with van der Waals surface area (Å²) in [5.41, 5.74) is 2.03. The number of aromatic nitrogens is 2. The molecule has 0 bridgehead atoms. The fourth-order valence-electron chi connectivity index (χ4n) is 2.54. The topological polar surface area (TPSA) is 75.4 Å². The molecule has 20 heavy (non-hydrogen) atoms. The maximum atomic E-state index is 12.1. The molecule has 6 nitrogen and oxygen atoms in total. The first-order valence-corrected chi connectivity index (χ1v) is 6.69.